The van der Waals surface area contributed by atoms with E-state index in [9.17, 15) is 9.90 Å². The van der Waals surface area contributed by atoms with Crippen molar-refractivity contribution >= 4 is 27.5 Å². The molecule has 3 N–H and O–H groups in total. The number of ether oxygens (including phenoxy) is 1. The van der Waals surface area contributed by atoms with Crippen LogP contribution in [0.3, 0.4) is 0 Å². The third-order valence-electron chi connectivity index (χ3n) is 6.78. The number of benzene rings is 2. The molecule has 0 aliphatic heterocycles. The van der Waals surface area contributed by atoms with Gasteiger partial charge in [0.25, 0.3) is 0 Å². The van der Waals surface area contributed by atoms with Gasteiger partial charge >= 0.3 is 0 Å². The van der Waals surface area contributed by atoms with Crippen LogP contribution in [0.1, 0.15) is 64.0 Å². The molecule has 0 radical (unpaired) electrons. The van der Waals surface area contributed by atoms with Gasteiger partial charge in [0.05, 0.1) is 7.11 Å². The molecule has 1 aliphatic rings. The van der Waals surface area contributed by atoms with E-state index >= 15 is 0 Å². The van der Waals surface area contributed by atoms with Crippen LogP contribution in [0.5, 0.6) is 17.2 Å². The van der Waals surface area contributed by atoms with Crippen LogP contribution in [0.25, 0.3) is 0 Å². The lowest BCUT2D eigenvalue weighted by molar-refractivity contribution is -0.121. The molecule has 1 aliphatic carbocycles. The number of halogens is 1. The lowest BCUT2D eigenvalue weighted by Gasteiger charge is -2.31. The second-order valence-electron chi connectivity index (χ2n) is 8.95. The Morgan fingerprint density at radius 3 is 2.36 bits per heavy atom. The fourth-order valence-corrected chi connectivity index (χ4v) is 5.10. The molecule has 2 aromatic carbocycles. The highest BCUT2D eigenvalue weighted by Crippen LogP contribution is 2.35. The Hall–Kier alpha value is -2.21. The summed E-state index contributed by atoms with van der Waals surface area (Å²) in [4.78, 5) is 12.4. The second-order valence-corrected chi connectivity index (χ2v) is 9.80. The van der Waals surface area contributed by atoms with Crippen LogP contribution in [-0.4, -0.2) is 23.2 Å². The zero-order valence-corrected chi connectivity index (χ0v) is 22.0. The van der Waals surface area contributed by atoms with Crippen molar-refractivity contribution in [2.45, 2.75) is 66.2 Å². The Labute approximate surface area is 206 Å². The van der Waals surface area contributed by atoms with Crippen LogP contribution in [0.2, 0.25) is 0 Å². The first-order valence-corrected chi connectivity index (χ1v) is 12.6. The summed E-state index contributed by atoms with van der Waals surface area (Å²) in [6, 6.07) is 8.73. The van der Waals surface area contributed by atoms with Gasteiger partial charge in [0.2, 0.25) is 5.91 Å². The van der Waals surface area contributed by atoms with Gasteiger partial charge in [0.1, 0.15) is 17.2 Å². The molecule has 182 valence electrons. The summed E-state index contributed by atoms with van der Waals surface area (Å²) >= 11 is 3.24. The quantitative estimate of drug-likeness (QED) is 0.376. The van der Waals surface area contributed by atoms with E-state index in [-0.39, 0.29) is 23.3 Å². The molecule has 0 heterocycles. The van der Waals surface area contributed by atoms with E-state index in [0.29, 0.717) is 0 Å². The number of rotatable bonds is 6. The molecule has 3 rings (SSSR count). The van der Waals surface area contributed by atoms with Gasteiger partial charge < -0.3 is 20.3 Å². The third-order valence-corrected chi connectivity index (χ3v) is 7.48. The van der Waals surface area contributed by atoms with Crippen molar-refractivity contribution in [1.82, 2.24) is 0 Å². The normalized spacial score (nSPS) is 18.6. The lowest BCUT2D eigenvalue weighted by atomic mass is 9.75. The van der Waals surface area contributed by atoms with Gasteiger partial charge in [-0.2, -0.15) is 0 Å². The van der Waals surface area contributed by atoms with Gasteiger partial charge in [-0.05, 0) is 68.6 Å². The maximum absolute atomic E-state index is 12.4. The molecule has 6 heteroatoms. The van der Waals surface area contributed by atoms with Crippen LogP contribution in [0.4, 0.5) is 5.69 Å². The van der Waals surface area contributed by atoms with Crippen molar-refractivity contribution in [2.75, 3.05) is 12.4 Å². The van der Waals surface area contributed by atoms with Crippen molar-refractivity contribution < 1.29 is 19.7 Å². The summed E-state index contributed by atoms with van der Waals surface area (Å²) in [5, 5.41) is 21.4. The minimum atomic E-state index is 0.0755. The number of carbonyl (C=O) groups excluding carboxylic acids is 1. The summed E-state index contributed by atoms with van der Waals surface area (Å²) in [6.07, 6.45) is 6.39. The van der Waals surface area contributed by atoms with Crippen molar-refractivity contribution in [2.24, 2.45) is 17.8 Å². The number of methoxy groups -OCH3 is 1. The van der Waals surface area contributed by atoms with Crippen LogP contribution >= 0.6 is 15.9 Å². The first-order chi connectivity index (χ1) is 15.7. The Kier molecular flexibility index (Phi) is 10.6. The minimum absolute atomic E-state index is 0.0755. The van der Waals surface area contributed by atoms with Crippen LogP contribution in [0.15, 0.2) is 34.8 Å². The Morgan fingerprint density at radius 2 is 1.82 bits per heavy atom. The molecule has 1 saturated carbocycles. The number of carbonyl (C=O) groups is 1. The minimum Gasteiger partial charge on any atom is -0.508 e. The topological polar surface area (TPSA) is 78.8 Å². The Balaban J connectivity index is 0.000000294. The van der Waals surface area contributed by atoms with Crippen molar-refractivity contribution in [3.05, 3.63) is 45.9 Å². The summed E-state index contributed by atoms with van der Waals surface area (Å²) in [5.74, 6) is 2.93. The van der Waals surface area contributed by atoms with Crippen molar-refractivity contribution in [3.8, 4) is 17.2 Å². The highest BCUT2D eigenvalue weighted by Gasteiger charge is 2.28. The molecule has 1 amide bonds. The molecule has 0 aromatic heterocycles. The average molecular weight is 521 g/mol. The maximum atomic E-state index is 12.4. The Bertz CT molecular complexity index is 899. The van der Waals surface area contributed by atoms with Gasteiger partial charge in [-0.25, -0.2) is 0 Å². The molecular formula is C27H38BrNO4. The van der Waals surface area contributed by atoms with E-state index in [0.717, 1.165) is 58.1 Å². The molecule has 5 nitrogen and oxygen atoms in total. The highest BCUT2D eigenvalue weighted by molar-refractivity contribution is 9.10. The monoisotopic (exact) mass is 519 g/mol. The number of nitrogens with one attached hydrogen (secondary N) is 1. The average Bonchev–Trinajstić information content (AvgIpc) is 2.80. The zero-order valence-electron chi connectivity index (χ0n) is 20.5. The van der Waals surface area contributed by atoms with E-state index in [1.807, 2.05) is 32.0 Å². The van der Waals surface area contributed by atoms with E-state index in [1.165, 1.54) is 25.3 Å². The first kappa shape index (κ1) is 27.0. The van der Waals surface area contributed by atoms with Crippen LogP contribution < -0.4 is 10.1 Å². The fourth-order valence-electron chi connectivity index (χ4n) is 4.38. The number of anilines is 1. The molecule has 0 spiro atoms. The highest BCUT2D eigenvalue weighted by atomic mass is 79.9. The van der Waals surface area contributed by atoms with Crippen molar-refractivity contribution in [3.63, 3.8) is 0 Å². The molecule has 1 fully saturated rings. The van der Waals surface area contributed by atoms with Gasteiger partial charge in [-0.1, -0.05) is 49.2 Å². The number of hydrogen-bond donors (Lipinski definition) is 3. The van der Waals surface area contributed by atoms with Crippen molar-refractivity contribution in [1.29, 1.82) is 0 Å². The maximum Gasteiger partial charge on any atom is 0.227 e. The smallest absolute Gasteiger partial charge is 0.227 e. The molecule has 0 saturated heterocycles. The molecule has 1 unspecified atom stereocenters. The number of phenols is 2. The predicted octanol–water partition coefficient (Wildman–Crippen LogP) is 7.22. The lowest BCUT2D eigenvalue weighted by Crippen LogP contribution is -2.28. The molecule has 0 bridgehead atoms. The second kappa shape index (κ2) is 12.9. The van der Waals surface area contributed by atoms with E-state index in [2.05, 4.69) is 35.1 Å². The van der Waals surface area contributed by atoms with Gasteiger partial charge in [0.15, 0.2) is 0 Å². The van der Waals surface area contributed by atoms with E-state index < -0.39 is 0 Å². The van der Waals surface area contributed by atoms with Gasteiger partial charge in [-0.3, -0.25) is 4.79 Å². The summed E-state index contributed by atoms with van der Waals surface area (Å²) in [5.41, 5.74) is 2.73. The molecular weight excluding hydrogens is 482 g/mol. The molecule has 1 atom stereocenters. The van der Waals surface area contributed by atoms with E-state index in [4.69, 9.17) is 9.84 Å². The fraction of sp³-hybridized carbons (Fsp3) is 0.519. The zero-order chi connectivity index (χ0) is 24.5. The number of aromatic hydroxyl groups is 2. The number of hydrogen-bond acceptors (Lipinski definition) is 4. The molecule has 33 heavy (non-hydrogen) atoms. The summed E-state index contributed by atoms with van der Waals surface area (Å²) in [6.45, 7) is 8.54. The first-order valence-electron chi connectivity index (χ1n) is 11.9. The Morgan fingerprint density at radius 1 is 1.15 bits per heavy atom. The van der Waals surface area contributed by atoms with E-state index in [1.54, 1.807) is 13.2 Å². The summed E-state index contributed by atoms with van der Waals surface area (Å²) in [7, 11) is 1.66. The van der Waals surface area contributed by atoms with Gasteiger partial charge in [0, 0.05) is 33.8 Å². The van der Waals surface area contributed by atoms with Crippen LogP contribution in [-0.2, 0) is 11.2 Å². The number of aryl methyl sites for hydroxylation is 1. The molecule has 2 aromatic rings. The largest absolute Gasteiger partial charge is 0.508 e. The SMILES string of the molecule is CCC(C)C1CCC(C(=O)Nc2ccc(C)c(OC)c2)CC1.CCc1c(O)cc(O)cc1Br. The van der Waals surface area contributed by atoms with Crippen LogP contribution in [0, 0.1) is 24.7 Å². The van der Waals surface area contributed by atoms with Gasteiger partial charge in [-0.15, -0.1) is 0 Å². The predicted molar refractivity (Wildman–Crippen MR) is 138 cm³/mol. The number of phenolic OH excluding ortho intramolecular Hbond substituents is 2. The number of amides is 1. The standard InChI is InChI=1S/C19H29NO2.C8H9BrO2/c1-5-13(2)15-7-9-16(10-8-15)19(21)20-17-11-6-14(3)18(12-17)22-4;1-2-6-7(9)3-5(10)4-8(6)11/h6,11-13,15-16H,5,7-10H2,1-4H3,(H,20,21);3-4,10-11H,2H2,1H3. The summed E-state index contributed by atoms with van der Waals surface area (Å²) < 4.78 is 6.06. The third kappa shape index (κ3) is 7.66.